The monoisotopic (exact) mass is 322 g/mol. The van der Waals surface area contributed by atoms with Crippen LogP contribution >= 0.6 is 11.6 Å². The number of hydrogen-bond donors (Lipinski definition) is 2. The average Bonchev–Trinajstić information content (AvgIpc) is 3.00. The van der Waals surface area contributed by atoms with Gasteiger partial charge in [-0.1, -0.05) is 25.4 Å². The fraction of sp³-hybridized carbons (Fsp3) is 0.400. The lowest BCUT2D eigenvalue weighted by Gasteiger charge is -2.08. The molecule has 118 valence electrons. The van der Waals surface area contributed by atoms with E-state index in [1.54, 1.807) is 25.1 Å². The highest BCUT2D eigenvalue weighted by Crippen LogP contribution is 2.19. The summed E-state index contributed by atoms with van der Waals surface area (Å²) in [6.45, 7) is 6.17. The fourth-order valence-corrected chi connectivity index (χ4v) is 1.64. The Morgan fingerprint density at radius 2 is 2.14 bits per heavy atom. The Labute approximate surface area is 134 Å². The summed E-state index contributed by atoms with van der Waals surface area (Å²) < 4.78 is 4.87. The SMILES string of the molecule is CC(C)c1nnco1.CC(O)CNc1ccc(C#N)c(Cl)c1. The molecule has 22 heavy (non-hydrogen) atoms. The van der Waals surface area contributed by atoms with Crippen molar-refractivity contribution in [1.29, 1.82) is 5.26 Å². The van der Waals surface area contributed by atoms with Crippen LogP contribution < -0.4 is 5.32 Å². The van der Waals surface area contributed by atoms with Gasteiger partial charge < -0.3 is 14.8 Å². The second-order valence-electron chi connectivity index (χ2n) is 4.97. The molecular weight excluding hydrogens is 304 g/mol. The number of hydrogen-bond acceptors (Lipinski definition) is 6. The smallest absolute Gasteiger partial charge is 0.218 e. The summed E-state index contributed by atoms with van der Waals surface area (Å²) in [5.74, 6) is 1.04. The van der Waals surface area contributed by atoms with Crippen molar-refractivity contribution in [3.8, 4) is 6.07 Å². The molecular formula is C15H19ClN4O2. The number of nitrogens with one attached hydrogen (secondary N) is 1. The van der Waals surface area contributed by atoms with Crippen molar-refractivity contribution in [3.05, 3.63) is 41.1 Å². The highest BCUT2D eigenvalue weighted by molar-refractivity contribution is 6.32. The quantitative estimate of drug-likeness (QED) is 0.897. The minimum atomic E-state index is -0.413. The predicted molar refractivity (Wildman–Crippen MR) is 84.7 cm³/mol. The summed E-state index contributed by atoms with van der Waals surface area (Å²) >= 11 is 5.82. The van der Waals surface area contributed by atoms with Gasteiger partial charge in [0.25, 0.3) is 0 Å². The van der Waals surface area contributed by atoms with E-state index in [1.165, 1.54) is 6.39 Å². The topological polar surface area (TPSA) is 95.0 Å². The lowest BCUT2D eigenvalue weighted by molar-refractivity contribution is 0.208. The van der Waals surface area contributed by atoms with Gasteiger partial charge in [0.2, 0.25) is 12.3 Å². The zero-order chi connectivity index (χ0) is 16.5. The number of anilines is 1. The second kappa shape index (κ2) is 9.03. The van der Waals surface area contributed by atoms with Gasteiger partial charge in [0.05, 0.1) is 16.7 Å². The molecule has 0 aliphatic carbocycles. The van der Waals surface area contributed by atoms with Crippen LogP contribution in [0, 0.1) is 11.3 Å². The van der Waals surface area contributed by atoms with Gasteiger partial charge in [-0.05, 0) is 25.1 Å². The first kappa shape index (κ1) is 18.0. The van der Waals surface area contributed by atoms with E-state index >= 15 is 0 Å². The van der Waals surface area contributed by atoms with E-state index in [2.05, 4.69) is 15.5 Å². The highest BCUT2D eigenvalue weighted by atomic mass is 35.5. The van der Waals surface area contributed by atoms with Crippen LogP contribution in [0.4, 0.5) is 5.69 Å². The molecule has 2 aromatic rings. The van der Waals surface area contributed by atoms with Crippen molar-refractivity contribution >= 4 is 17.3 Å². The van der Waals surface area contributed by atoms with Gasteiger partial charge >= 0.3 is 0 Å². The van der Waals surface area contributed by atoms with E-state index in [0.717, 1.165) is 5.69 Å². The molecule has 0 fully saturated rings. The van der Waals surface area contributed by atoms with Gasteiger partial charge in [0.15, 0.2) is 0 Å². The maximum absolute atomic E-state index is 9.04. The van der Waals surface area contributed by atoms with Crippen molar-refractivity contribution in [1.82, 2.24) is 10.2 Å². The number of nitrogens with zero attached hydrogens (tertiary/aromatic N) is 3. The zero-order valence-corrected chi connectivity index (χ0v) is 13.5. The lowest BCUT2D eigenvalue weighted by atomic mass is 10.2. The lowest BCUT2D eigenvalue weighted by Crippen LogP contribution is -2.15. The molecule has 1 atom stereocenters. The average molecular weight is 323 g/mol. The summed E-state index contributed by atoms with van der Waals surface area (Å²) in [6, 6.07) is 7.05. The van der Waals surface area contributed by atoms with Gasteiger partial charge in [0.1, 0.15) is 6.07 Å². The number of nitriles is 1. The molecule has 7 heteroatoms. The van der Waals surface area contributed by atoms with Gasteiger partial charge in [-0.3, -0.25) is 0 Å². The van der Waals surface area contributed by atoms with Crippen LogP contribution in [-0.4, -0.2) is 28.0 Å². The van der Waals surface area contributed by atoms with Crippen LogP contribution in [0.2, 0.25) is 5.02 Å². The molecule has 0 aliphatic rings. The van der Waals surface area contributed by atoms with Crippen LogP contribution in [0.1, 0.15) is 38.1 Å². The Morgan fingerprint density at radius 3 is 2.55 bits per heavy atom. The first-order valence-corrected chi connectivity index (χ1v) is 7.19. The van der Waals surface area contributed by atoms with Crippen molar-refractivity contribution in [3.63, 3.8) is 0 Å². The number of aliphatic hydroxyl groups excluding tert-OH is 1. The molecule has 1 aromatic heterocycles. The standard InChI is InChI=1S/C10H11ClN2O.C5H8N2O/c1-7(14)6-13-9-3-2-8(5-12)10(11)4-9;1-4(2)5-7-6-3-8-5/h2-4,7,13-14H,6H2,1H3;3-4H,1-2H3. The Hall–Kier alpha value is -2.10. The number of benzene rings is 1. The Kier molecular flexibility index (Phi) is 7.37. The molecule has 1 aromatic carbocycles. The van der Waals surface area contributed by atoms with Crippen molar-refractivity contribution in [2.24, 2.45) is 0 Å². The van der Waals surface area contributed by atoms with E-state index in [-0.39, 0.29) is 0 Å². The second-order valence-corrected chi connectivity index (χ2v) is 5.38. The molecule has 0 aliphatic heterocycles. The molecule has 0 amide bonds. The predicted octanol–water partition coefficient (Wildman–Crippen LogP) is 3.20. The van der Waals surface area contributed by atoms with Gasteiger partial charge in [-0.15, -0.1) is 10.2 Å². The Balaban J connectivity index is 0.000000255. The molecule has 0 spiro atoms. The normalized spacial score (nSPS) is 11.3. The molecule has 0 saturated carbocycles. The molecule has 0 radical (unpaired) electrons. The van der Waals surface area contributed by atoms with Crippen LogP contribution in [0.3, 0.4) is 0 Å². The van der Waals surface area contributed by atoms with Crippen LogP contribution in [-0.2, 0) is 0 Å². The molecule has 6 nitrogen and oxygen atoms in total. The van der Waals surface area contributed by atoms with Crippen molar-refractivity contribution in [2.75, 3.05) is 11.9 Å². The van der Waals surface area contributed by atoms with Gasteiger partial charge in [-0.25, -0.2) is 0 Å². The largest absolute Gasteiger partial charge is 0.428 e. The van der Waals surface area contributed by atoms with Crippen LogP contribution in [0.25, 0.3) is 0 Å². The van der Waals surface area contributed by atoms with Crippen molar-refractivity contribution in [2.45, 2.75) is 32.8 Å². The first-order chi connectivity index (χ1) is 10.4. The molecule has 2 N–H and O–H groups in total. The van der Waals surface area contributed by atoms with E-state index in [4.69, 9.17) is 26.4 Å². The fourth-order valence-electron chi connectivity index (χ4n) is 1.41. The number of aromatic nitrogens is 2. The zero-order valence-electron chi connectivity index (χ0n) is 12.7. The third-order valence-corrected chi connectivity index (χ3v) is 2.87. The molecule has 1 unspecified atom stereocenters. The van der Waals surface area contributed by atoms with Crippen LogP contribution in [0.5, 0.6) is 0 Å². The minimum absolute atomic E-state index is 0.345. The summed E-state index contributed by atoms with van der Waals surface area (Å²) in [6.07, 6.45) is 0.930. The number of rotatable bonds is 4. The summed E-state index contributed by atoms with van der Waals surface area (Å²) in [5, 5.41) is 28.3. The number of aliphatic hydroxyl groups is 1. The van der Waals surface area contributed by atoms with Gasteiger partial charge in [-0.2, -0.15) is 5.26 Å². The van der Waals surface area contributed by atoms with E-state index in [9.17, 15) is 0 Å². The third kappa shape index (κ3) is 6.12. The maximum atomic E-state index is 9.04. The summed E-state index contributed by atoms with van der Waals surface area (Å²) in [5.41, 5.74) is 1.25. The first-order valence-electron chi connectivity index (χ1n) is 6.81. The van der Waals surface area contributed by atoms with Crippen LogP contribution in [0.15, 0.2) is 29.0 Å². The maximum Gasteiger partial charge on any atom is 0.218 e. The summed E-state index contributed by atoms with van der Waals surface area (Å²) in [4.78, 5) is 0. The third-order valence-electron chi connectivity index (χ3n) is 2.56. The van der Waals surface area contributed by atoms with E-state index in [0.29, 0.717) is 28.9 Å². The molecule has 1 heterocycles. The number of halogens is 1. The molecule has 0 bridgehead atoms. The Morgan fingerprint density at radius 1 is 1.41 bits per heavy atom. The summed E-state index contributed by atoms with van der Waals surface area (Å²) in [7, 11) is 0. The molecule has 0 saturated heterocycles. The van der Waals surface area contributed by atoms with E-state index < -0.39 is 6.10 Å². The highest BCUT2D eigenvalue weighted by Gasteiger charge is 2.02. The molecule has 2 rings (SSSR count). The van der Waals surface area contributed by atoms with Crippen molar-refractivity contribution < 1.29 is 9.52 Å². The van der Waals surface area contributed by atoms with Gasteiger partial charge in [0, 0.05) is 18.2 Å². The minimum Gasteiger partial charge on any atom is -0.428 e. The van der Waals surface area contributed by atoms with E-state index in [1.807, 2.05) is 19.9 Å². The Bertz CT molecular complexity index is 607.